The van der Waals surface area contributed by atoms with Crippen molar-refractivity contribution < 1.29 is 18.3 Å². The predicted octanol–water partition coefficient (Wildman–Crippen LogP) is 3.19. The Balaban J connectivity index is 3.20. The number of hydrogen-bond acceptors (Lipinski definition) is 4. The number of pyridine rings is 1. The summed E-state index contributed by atoms with van der Waals surface area (Å²) >= 11 is 0. The first-order chi connectivity index (χ1) is 8.77. The van der Waals surface area contributed by atoms with E-state index in [1.54, 1.807) is 0 Å². The Hall–Kier alpha value is -1.72. The molecule has 1 aromatic heterocycles. The molecule has 0 unspecified atom stereocenters. The number of carbonyl (C=O) groups excluding carboxylic acids is 1. The number of esters is 1. The Labute approximate surface area is 111 Å². The van der Waals surface area contributed by atoms with Crippen LogP contribution in [0.3, 0.4) is 0 Å². The molecule has 1 atom stereocenters. The lowest BCUT2D eigenvalue weighted by atomic mass is 10.1. The van der Waals surface area contributed by atoms with Crippen molar-refractivity contribution in [3.63, 3.8) is 0 Å². The molecule has 0 saturated carbocycles. The van der Waals surface area contributed by atoms with Crippen LogP contribution in [0.2, 0.25) is 0 Å². The second kappa shape index (κ2) is 5.95. The predicted molar refractivity (Wildman–Crippen MR) is 68.5 cm³/mol. The Morgan fingerprint density at radius 3 is 2.63 bits per heavy atom. The van der Waals surface area contributed by atoms with Gasteiger partial charge >= 0.3 is 5.97 Å². The third-order valence-corrected chi connectivity index (χ3v) is 2.70. The van der Waals surface area contributed by atoms with Gasteiger partial charge in [-0.2, -0.15) is 8.78 Å². The number of nitrogens with zero attached hydrogens (tertiary/aromatic N) is 1. The van der Waals surface area contributed by atoms with Crippen LogP contribution >= 0.6 is 0 Å². The summed E-state index contributed by atoms with van der Waals surface area (Å²) in [6, 6.07) is 2.53. The highest BCUT2D eigenvalue weighted by Crippen LogP contribution is 2.27. The fourth-order valence-corrected chi connectivity index (χ4v) is 1.42. The molecule has 0 spiro atoms. The van der Waals surface area contributed by atoms with Crippen LogP contribution in [0, 0.1) is 0 Å². The first kappa shape index (κ1) is 15.3. The molecule has 0 saturated heterocycles. The number of anilines is 1. The summed E-state index contributed by atoms with van der Waals surface area (Å²) in [5, 5.41) is 2.97. The summed E-state index contributed by atoms with van der Waals surface area (Å²) < 4.78 is 31.3. The SMILES string of the molecule is CC[C@H](C)Nc1cc(C(=O)OC)cc(C(C)(F)F)n1. The number of halogens is 2. The highest BCUT2D eigenvalue weighted by atomic mass is 19.3. The lowest BCUT2D eigenvalue weighted by Gasteiger charge is -2.16. The standard InChI is InChI=1S/C13H18F2N2O2/c1-5-8(2)16-11-7-9(12(18)19-4)6-10(17-11)13(3,14)15/h6-8H,5H2,1-4H3,(H,16,17)/t8-/m0/s1. The zero-order valence-corrected chi connectivity index (χ0v) is 11.5. The van der Waals surface area contributed by atoms with Gasteiger partial charge in [0, 0.05) is 13.0 Å². The van der Waals surface area contributed by atoms with Gasteiger partial charge in [-0.15, -0.1) is 0 Å². The second-order valence-corrected chi connectivity index (χ2v) is 4.46. The van der Waals surface area contributed by atoms with Crippen molar-refractivity contribution in [3.05, 3.63) is 23.4 Å². The molecular formula is C13H18F2N2O2. The maximum Gasteiger partial charge on any atom is 0.338 e. The maximum absolute atomic E-state index is 13.4. The summed E-state index contributed by atoms with van der Waals surface area (Å²) in [5.74, 6) is -3.54. The summed E-state index contributed by atoms with van der Waals surface area (Å²) in [6.07, 6.45) is 0.808. The minimum atomic E-state index is -3.12. The molecule has 106 valence electrons. The minimum absolute atomic E-state index is 0.0554. The first-order valence-electron chi connectivity index (χ1n) is 6.03. The van der Waals surface area contributed by atoms with E-state index in [9.17, 15) is 13.6 Å². The van der Waals surface area contributed by atoms with Gasteiger partial charge in [0.05, 0.1) is 12.7 Å². The van der Waals surface area contributed by atoms with Crippen LogP contribution in [0.5, 0.6) is 0 Å². The van der Waals surface area contributed by atoms with E-state index in [2.05, 4.69) is 15.0 Å². The molecule has 19 heavy (non-hydrogen) atoms. The highest BCUT2D eigenvalue weighted by molar-refractivity contribution is 5.90. The number of nitrogens with one attached hydrogen (secondary N) is 1. The number of ether oxygens (including phenoxy) is 1. The van der Waals surface area contributed by atoms with Gasteiger partial charge in [-0.3, -0.25) is 0 Å². The smallest absolute Gasteiger partial charge is 0.338 e. The van der Waals surface area contributed by atoms with E-state index in [0.717, 1.165) is 19.4 Å². The topological polar surface area (TPSA) is 51.2 Å². The molecule has 0 radical (unpaired) electrons. The van der Waals surface area contributed by atoms with Gasteiger partial charge in [0.1, 0.15) is 11.5 Å². The van der Waals surface area contributed by atoms with Gasteiger partial charge in [0.15, 0.2) is 0 Å². The van der Waals surface area contributed by atoms with E-state index in [1.165, 1.54) is 13.2 Å². The van der Waals surface area contributed by atoms with Gasteiger partial charge < -0.3 is 10.1 Å². The fraction of sp³-hybridized carbons (Fsp3) is 0.538. The largest absolute Gasteiger partial charge is 0.465 e. The fourth-order valence-electron chi connectivity index (χ4n) is 1.42. The first-order valence-corrected chi connectivity index (χ1v) is 6.03. The quantitative estimate of drug-likeness (QED) is 0.836. The van der Waals surface area contributed by atoms with Gasteiger partial charge in [-0.05, 0) is 25.5 Å². The molecule has 0 fully saturated rings. The maximum atomic E-state index is 13.4. The van der Waals surface area contributed by atoms with E-state index in [1.807, 2.05) is 13.8 Å². The molecule has 1 rings (SSSR count). The molecule has 1 N–H and O–H groups in total. The molecule has 0 amide bonds. The molecule has 0 aromatic carbocycles. The number of rotatable bonds is 5. The van der Waals surface area contributed by atoms with Crippen molar-refractivity contribution in [3.8, 4) is 0 Å². The zero-order valence-electron chi connectivity index (χ0n) is 11.5. The van der Waals surface area contributed by atoms with E-state index >= 15 is 0 Å². The second-order valence-electron chi connectivity index (χ2n) is 4.46. The Bertz CT molecular complexity index is 458. The molecule has 1 aromatic rings. The van der Waals surface area contributed by atoms with E-state index < -0.39 is 17.6 Å². The molecule has 0 aliphatic heterocycles. The van der Waals surface area contributed by atoms with Crippen LogP contribution < -0.4 is 5.32 Å². The lowest BCUT2D eigenvalue weighted by molar-refractivity contribution is 0.0128. The molecule has 0 aliphatic carbocycles. The average molecular weight is 272 g/mol. The number of hydrogen-bond donors (Lipinski definition) is 1. The van der Waals surface area contributed by atoms with Crippen LogP contribution in [0.1, 0.15) is 43.2 Å². The number of alkyl halides is 2. The van der Waals surface area contributed by atoms with Crippen LogP contribution in [0.15, 0.2) is 12.1 Å². The molecule has 1 heterocycles. The normalized spacial score (nSPS) is 12.9. The van der Waals surface area contributed by atoms with Crippen LogP contribution in [-0.2, 0) is 10.7 Å². The van der Waals surface area contributed by atoms with Gasteiger partial charge in [-0.25, -0.2) is 9.78 Å². The number of aromatic nitrogens is 1. The zero-order chi connectivity index (χ0) is 14.6. The third kappa shape index (κ3) is 4.15. The van der Waals surface area contributed by atoms with Gasteiger partial charge in [0.25, 0.3) is 5.92 Å². The minimum Gasteiger partial charge on any atom is -0.465 e. The summed E-state index contributed by atoms with van der Waals surface area (Å²) in [6.45, 7) is 4.59. The molecule has 6 heteroatoms. The van der Waals surface area contributed by atoms with Crippen molar-refractivity contribution in [2.24, 2.45) is 0 Å². The molecular weight excluding hydrogens is 254 g/mol. The average Bonchev–Trinajstić information content (AvgIpc) is 2.36. The Morgan fingerprint density at radius 1 is 1.53 bits per heavy atom. The summed E-state index contributed by atoms with van der Waals surface area (Å²) in [4.78, 5) is 15.3. The summed E-state index contributed by atoms with van der Waals surface area (Å²) in [5.41, 5.74) is -0.402. The number of methoxy groups -OCH3 is 1. The Kier molecular flexibility index (Phi) is 4.80. The van der Waals surface area contributed by atoms with Crippen LogP contribution in [0.4, 0.5) is 14.6 Å². The molecule has 4 nitrogen and oxygen atoms in total. The third-order valence-electron chi connectivity index (χ3n) is 2.70. The molecule has 0 aliphatic rings. The summed E-state index contributed by atoms with van der Waals surface area (Å²) in [7, 11) is 1.20. The van der Waals surface area contributed by atoms with E-state index in [-0.39, 0.29) is 17.4 Å². The highest BCUT2D eigenvalue weighted by Gasteiger charge is 2.28. The Morgan fingerprint density at radius 2 is 2.16 bits per heavy atom. The van der Waals surface area contributed by atoms with E-state index in [0.29, 0.717) is 0 Å². The van der Waals surface area contributed by atoms with Crippen LogP contribution in [0.25, 0.3) is 0 Å². The number of carbonyl (C=O) groups is 1. The molecule has 0 bridgehead atoms. The van der Waals surface area contributed by atoms with Crippen LogP contribution in [-0.4, -0.2) is 24.1 Å². The monoisotopic (exact) mass is 272 g/mol. The van der Waals surface area contributed by atoms with E-state index in [4.69, 9.17) is 0 Å². The lowest BCUT2D eigenvalue weighted by Crippen LogP contribution is -2.18. The van der Waals surface area contributed by atoms with Crippen molar-refractivity contribution in [1.82, 2.24) is 4.98 Å². The van der Waals surface area contributed by atoms with Crippen molar-refractivity contribution in [1.29, 1.82) is 0 Å². The van der Waals surface area contributed by atoms with Crippen molar-refractivity contribution in [2.75, 3.05) is 12.4 Å². The van der Waals surface area contributed by atoms with Crippen molar-refractivity contribution in [2.45, 2.75) is 39.2 Å². The van der Waals surface area contributed by atoms with Gasteiger partial charge in [0.2, 0.25) is 0 Å². The van der Waals surface area contributed by atoms with Gasteiger partial charge in [-0.1, -0.05) is 6.92 Å². The van der Waals surface area contributed by atoms with Crippen molar-refractivity contribution >= 4 is 11.8 Å².